The van der Waals surface area contributed by atoms with Gasteiger partial charge in [-0.3, -0.25) is 19.3 Å². The average molecular weight is 263 g/mol. The fourth-order valence-corrected chi connectivity index (χ4v) is 2.04. The van der Waals surface area contributed by atoms with Crippen molar-refractivity contribution < 1.29 is 24.6 Å². The van der Waals surface area contributed by atoms with Crippen LogP contribution in [0.3, 0.4) is 0 Å². The average Bonchev–Trinajstić information content (AvgIpc) is 2.59. The molecule has 0 aliphatic carbocycles. The van der Waals surface area contributed by atoms with E-state index in [0.29, 0.717) is 0 Å². The molecule has 2 amide bonds. The zero-order valence-electron chi connectivity index (χ0n) is 10.2. The Kier molecular flexibility index (Phi) is 3.35. The van der Waals surface area contributed by atoms with Gasteiger partial charge in [0.2, 0.25) is 0 Å². The molecule has 6 heteroatoms. The summed E-state index contributed by atoms with van der Waals surface area (Å²) in [6, 6.07) is 6.31. The van der Waals surface area contributed by atoms with Crippen LogP contribution in [-0.2, 0) is 4.79 Å². The van der Waals surface area contributed by atoms with Crippen molar-refractivity contribution in [2.45, 2.75) is 13.0 Å². The minimum atomic E-state index is -1.24. The van der Waals surface area contributed by atoms with Crippen LogP contribution in [0.1, 0.15) is 27.6 Å². The van der Waals surface area contributed by atoms with Gasteiger partial charge in [-0.2, -0.15) is 0 Å². The van der Waals surface area contributed by atoms with Gasteiger partial charge in [0.05, 0.1) is 17.2 Å². The molecular weight excluding hydrogens is 250 g/mol. The third kappa shape index (κ3) is 2.22. The van der Waals surface area contributed by atoms with Crippen LogP contribution in [0.4, 0.5) is 0 Å². The normalized spacial score (nSPS) is 17.3. The molecule has 0 fully saturated rings. The number of hydrogen-bond acceptors (Lipinski definition) is 4. The summed E-state index contributed by atoms with van der Waals surface area (Å²) in [6.07, 6.45) is -1.15. The summed E-state index contributed by atoms with van der Waals surface area (Å²) in [6.45, 7) is 0.982. The quantitative estimate of drug-likeness (QED) is 0.765. The van der Waals surface area contributed by atoms with Crippen molar-refractivity contribution in [2.24, 2.45) is 5.92 Å². The van der Waals surface area contributed by atoms with Crippen LogP contribution in [-0.4, -0.2) is 45.5 Å². The van der Waals surface area contributed by atoms with Crippen molar-refractivity contribution in [3.05, 3.63) is 35.4 Å². The monoisotopic (exact) mass is 263 g/mol. The van der Waals surface area contributed by atoms with E-state index in [1.807, 2.05) is 0 Å². The molecule has 0 aromatic heterocycles. The van der Waals surface area contributed by atoms with Gasteiger partial charge in [-0.15, -0.1) is 0 Å². The molecule has 2 rings (SSSR count). The first-order valence-corrected chi connectivity index (χ1v) is 5.79. The highest BCUT2D eigenvalue weighted by Gasteiger charge is 2.38. The number of nitrogens with zero attached hydrogens (tertiary/aromatic N) is 1. The SMILES string of the molecule is C[C@H](O)[C@@H](CN1C(=O)c2ccccc2C1=O)C(=O)O. The Labute approximate surface area is 109 Å². The maximum Gasteiger partial charge on any atom is 0.310 e. The number of fused-ring (bicyclic) bond motifs is 1. The van der Waals surface area contributed by atoms with E-state index < -0.39 is 29.8 Å². The van der Waals surface area contributed by atoms with Crippen molar-refractivity contribution in [3.63, 3.8) is 0 Å². The van der Waals surface area contributed by atoms with E-state index >= 15 is 0 Å². The molecule has 1 aromatic rings. The number of rotatable bonds is 4. The van der Waals surface area contributed by atoms with Gasteiger partial charge in [-0.25, -0.2) is 0 Å². The zero-order valence-corrected chi connectivity index (χ0v) is 10.2. The molecule has 2 atom stereocenters. The molecule has 0 saturated carbocycles. The van der Waals surface area contributed by atoms with Crippen molar-refractivity contribution >= 4 is 17.8 Å². The van der Waals surface area contributed by atoms with Crippen LogP contribution in [0.5, 0.6) is 0 Å². The fraction of sp³-hybridized carbons (Fsp3) is 0.308. The topological polar surface area (TPSA) is 94.9 Å². The third-order valence-corrected chi connectivity index (χ3v) is 3.16. The lowest BCUT2D eigenvalue weighted by Crippen LogP contribution is -2.41. The van der Waals surface area contributed by atoms with Gasteiger partial charge in [0.15, 0.2) is 0 Å². The predicted octanol–water partition coefficient (Wildman–Crippen LogP) is 0.364. The second kappa shape index (κ2) is 4.81. The van der Waals surface area contributed by atoms with Crippen LogP contribution in [0.25, 0.3) is 0 Å². The first kappa shape index (κ1) is 13.2. The van der Waals surface area contributed by atoms with Crippen molar-refractivity contribution in [1.29, 1.82) is 0 Å². The molecule has 2 N–H and O–H groups in total. The Balaban J connectivity index is 2.27. The van der Waals surface area contributed by atoms with Gasteiger partial charge in [0.25, 0.3) is 11.8 Å². The van der Waals surface area contributed by atoms with E-state index in [1.165, 1.54) is 19.1 Å². The number of aliphatic carboxylic acids is 1. The number of aliphatic hydroxyl groups is 1. The molecule has 19 heavy (non-hydrogen) atoms. The molecule has 0 bridgehead atoms. The molecule has 0 spiro atoms. The number of carbonyl (C=O) groups is 3. The number of amides is 2. The second-order valence-corrected chi connectivity index (χ2v) is 4.45. The van der Waals surface area contributed by atoms with Gasteiger partial charge in [0, 0.05) is 6.54 Å². The molecule has 0 unspecified atom stereocenters. The molecule has 6 nitrogen and oxygen atoms in total. The maximum absolute atomic E-state index is 12.0. The molecule has 1 heterocycles. The highest BCUT2D eigenvalue weighted by Crippen LogP contribution is 2.24. The molecule has 100 valence electrons. The van der Waals surface area contributed by atoms with Crippen LogP contribution in [0, 0.1) is 5.92 Å². The van der Waals surface area contributed by atoms with Gasteiger partial charge >= 0.3 is 5.97 Å². The molecule has 1 aliphatic heterocycles. The van der Waals surface area contributed by atoms with Crippen molar-refractivity contribution in [2.75, 3.05) is 6.54 Å². The van der Waals surface area contributed by atoms with E-state index in [-0.39, 0.29) is 17.7 Å². The number of carbonyl (C=O) groups excluding carboxylic acids is 2. The first-order chi connectivity index (χ1) is 8.93. The summed E-state index contributed by atoms with van der Waals surface area (Å²) < 4.78 is 0. The molecule has 0 radical (unpaired) electrons. The first-order valence-electron chi connectivity index (χ1n) is 5.79. The largest absolute Gasteiger partial charge is 0.481 e. The molecule has 0 saturated heterocycles. The van der Waals surface area contributed by atoms with Crippen molar-refractivity contribution in [3.8, 4) is 0 Å². The van der Waals surface area contributed by atoms with Crippen LogP contribution >= 0.6 is 0 Å². The third-order valence-electron chi connectivity index (χ3n) is 3.16. The highest BCUT2D eigenvalue weighted by molar-refractivity contribution is 6.21. The Morgan fingerprint density at radius 2 is 1.68 bits per heavy atom. The lowest BCUT2D eigenvalue weighted by Gasteiger charge is -2.21. The number of carboxylic acid groups (broad SMARTS) is 1. The fourth-order valence-electron chi connectivity index (χ4n) is 2.04. The Morgan fingerprint density at radius 1 is 1.21 bits per heavy atom. The highest BCUT2D eigenvalue weighted by atomic mass is 16.4. The van der Waals surface area contributed by atoms with E-state index in [9.17, 15) is 19.5 Å². The Hall–Kier alpha value is -2.21. The van der Waals surface area contributed by atoms with E-state index in [1.54, 1.807) is 12.1 Å². The van der Waals surface area contributed by atoms with Crippen LogP contribution < -0.4 is 0 Å². The van der Waals surface area contributed by atoms with Gasteiger partial charge in [0.1, 0.15) is 5.92 Å². The summed E-state index contributed by atoms with van der Waals surface area (Å²) in [5, 5.41) is 18.4. The molecule has 1 aliphatic rings. The number of aliphatic hydroxyl groups excluding tert-OH is 1. The van der Waals surface area contributed by atoms with E-state index in [2.05, 4.69) is 0 Å². The van der Waals surface area contributed by atoms with E-state index in [0.717, 1.165) is 4.90 Å². The van der Waals surface area contributed by atoms with E-state index in [4.69, 9.17) is 5.11 Å². The van der Waals surface area contributed by atoms with Gasteiger partial charge < -0.3 is 10.2 Å². The number of benzene rings is 1. The minimum Gasteiger partial charge on any atom is -0.481 e. The summed E-state index contributed by atoms with van der Waals surface area (Å²) in [7, 11) is 0. The Morgan fingerprint density at radius 3 is 2.05 bits per heavy atom. The summed E-state index contributed by atoms with van der Waals surface area (Å²) in [4.78, 5) is 35.9. The number of imide groups is 1. The van der Waals surface area contributed by atoms with Crippen molar-refractivity contribution in [1.82, 2.24) is 4.90 Å². The van der Waals surface area contributed by atoms with Crippen LogP contribution in [0.2, 0.25) is 0 Å². The predicted molar refractivity (Wildman–Crippen MR) is 64.6 cm³/mol. The lowest BCUT2D eigenvalue weighted by atomic mass is 10.0. The molecule has 1 aromatic carbocycles. The number of carboxylic acids is 1. The zero-order chi connectivity index (χ0) is 14.2. The second-order valence-electron chi connectivity index (χ2n) is 4.45. The van der Waals surface area contributed by atoms with Gasteiger partial charge in [-0.05, 0) is 19.1 Å². The summed E-state index contributed by atoms with van der Waals surface area (Å²) in [5.74, 6) is -3.48. The number of hydrogen-bond donors (Lipinski definition) is 2. The van der Waals surface area contributed by atoms with Crippen LogP contribution in [0.15, 0.2) is 24.3 Å². The summed E-state index contributed by atoms with van der Waals surface area (Å²) in [5.41, 5.74) is 0.532. The Bertz CT molecular complexity index is 517. The maximum atomic E-state index is 12.0. The minimum absolute atomic E-state index is 0.266. The van der Waals surface area contributed by atoms with Gasteiger partial charge in [-0.1, -0.05) is 12.1 Å². The standard InChI is InChI=1S/C13H13NO5/c1-7(15)10(13(18)19)6-14-11(16)8-4-2-3-5-9(8)12(14)17/h2-5,7,10,15H,6H2,1H3,(H,18,19)/t7-,10+/m0/s1. The lowest BCUT2D eigenvalue weighted by molar-refractivity contribution is -0.145. The smallest absolute Gasteiger partial charge is 0.310 e. The molecular formula is C13H13NO5. The summed E-state index contributed by atoms with van der Waals surface area (Å²) >= 11 is 0.